The molecule has 5 nitrogen and oxygen atoms in total. The summed E-state index contributed by atoms with van der Waals surface area (Å²) in [4.78, 5) is 3.96. The SMILES string of the molecule is Cc1cc(S(=O)(=O)Nc2ccccn2)cc(N)c1Cl. The Kier molecular flexibility index (Phi) is 3.64. The molecule has 0 bridgehead atoms. The molecular weight excluding hydrogens is 286 g/mol. The lowest BCUT2D eigenvalue weighted by molar-refractivity contribution is 0.601. The predicted octanol–water partition coefficient (Wildman–Crippen LogP) is 2.43. The van der Waals surface area contributed by atoms with E-state index in [2.05, 4.69) is 9.71 Å². The molecule has 1 aromatic carbocycles. The van der Waals surface area contributed by atoms with Crippen molar-refractivity contribution in [2.45, 2.75) is 11.8 Å². The third kappa shape index (κ3) is 2.97. The van der Waals surface area contributed by atoms with E-state index < -0.39 is 10.0 Å². The van der Waals surface area contributed by atoms with Crippen LogP contribution in [-0.2, 0) is 10.0 Å². The standard InChI is InChI=1S/C12H12ClN3O2S/c1-8-6-9(7-10(14)12(8)13)19(17,18)16-11-4-2-3-5-15-11/h2-7H,14H2,1H3,(H,15,16). The maximum Gasteiger partial charge on any atom is 0.263 e. The third-order valence-corrected chi connectivity index (χ3v) is 4.32. The summed E-state index contributed by atoms with van der Waals surface area (Å²) in [6, 6.07) is 7.73. The average molecular weight is 298 g/mol. The fourth-order valence-corrected chi connectivity index (χ4v) is 2.77. The summed E-state index contributed by atoms with van der Waals surface area (Å²) in [6.07, 6.45) is 1.50. The molecule has 7 heteroatoms. The first-order chi connectivity index (χ1) is 8.90. The van der Waals surface area contributed by atoms with Crippen molar-refractivity contribution in [3.63, 3.8) is 0 Å². The van der Waals surface area contributed by atoms with E-state index in [1.807, 2.05) is 0 Å². The number of rotatable bonds is 3. The fraction of sp³-hybridized carbons (Fsp3) is 0.0833. The fourth-order valence-electron chi connectivity index (χ4n) is 1.54. The Morgan fingerprint density at radius 3 is 2.63 bits per heavy atom. The zero-order chi connectivity index (χ0) is 14.0. The molecule has 0 spiro atoms. The Labute approximate surface area is 116 Å². The number of nitrogens with one attached hydrogen (secondary N) is 1. The van der Waals surface area contributed by atoms with Crippen molar-refractivity contribution in [1.29, 1.82) is 0 Å². The van der Waals surface area contributed by atoms with Gasteiger partial charge in [-0.2, -0.15) is 0 Å². The Bertz CT molecular complexity index is 679. The number of aromatic nitrogens is 1. The van der Waals surface area contributed by atoms with E-state index in [0.29, 0.717) is 10.6 Å². The molecule has 2 rings (SSSR count). The molecule has 0 amide bonds. The Balaban J connectivity index is 2.40. The van der Waals surface area contributed by atoms with Gasteiger partial charge in [-0.3, -0.25) is 4.72 Å². The summed E-state index contributed by atoms with van der Waals surface area (Å²) in [5.74, 6) is 0.244. The van der Waals surface area contributed by atoms with Gasteiger partial charge in [-0.15, -0.1) is 0 Å². The van der Waals surface area contributed by atoms with E-state index in [0.717, 1.165) is 0 Å². The van der Waals surface area contributed by atoms with E-state index in [9.17, 15) is 8.42 Å². The Morgan fingerprint density at radius 2 is 2.05 bits per heavy atom. The molecule has 0 aliphatic carbocycles. The van der Waals surface area contributed by atoms with E-state index >= 15 is 0 Å². The second kappa shape index (κ2) is 5.07. The maximum absolute atomic E-state index is 12.2. The largest absolute Gasteiger partial charge is 0.397 e. The van der Waals surface area contributed by atoms with Gasteiger partial charge in [0.15, 0.2) is 0 Å². The average Bonchev–Trinajstić information content (AvgIpc) is 2.36. The summed E-state index contributed by atoms with van der Waals surface area (Å²) in [7, 11) is -3.73. The Hall–Kier alpha value is -1.79. The lowest BCUT2D eigenvalue weighted by Gasteiger charge is -2.10. The van der Waals surface area contributed by atoms with Gasteiger partial charge < -0.3 is 5.73 Å². The van der Waals surface area contributed by atoms with Crippen molar-refractivity contribution in [3.05, 3.63) is 47.1 Å². The first-order valence-corrected chi connectivity index (χ1v) is 7.26. The number of sulfonamides is 1. The first kappa shape index (κ1) is 13.6. The van der Waals surface area contributed by atoms with Crippen molar-refractivity contribution >= 4 is 33.1 Å². The summed E-state index contributed by atoms with van der Waals surface area (Å²) >= 11 is 5.91. The van der Waals surface area contributed by atoms with Gasteiger partial charge in [0.2, 0.25) is 0 Å². The minimum absolute atomic E-state index is 0.0533. The lowest BCUT2D eigenvalue weighted by Crippen LogP contribution is -2.14. The molecule has 0 unspecified atom stereocenters. The second-order valence-electron chi connectivity index (χ2n) is 3.96. The first-order valence-electron chi connectivity index (χ1n) is 5.39. The highest BCUT2D eigenvalue weighted by Gasteiger charge is 2.17. The minimum atomic E-state index is -3.73. The second-order valence-corrected chi connectivity index (χ2v) is 6.02. The van der Waals surface area contributed by atoms with Gasteiger partial charge in [-0.25, -0.2) is 13.4 Å². The van der Waals surface area contributed by atoms with Gasteiger partial charge in [0.05, 0.1) is 15.6 Å². The van der Waals surface area contributed by atoms with Gasteiger partial charge >= 0.3 is 0 Å². The van der Waals surface area contributed by atoms with Crippen LogP contribution < -0.4 is 10.5 Å². The number of nitrogens with zero attached hydrogens (tertiary/aromatic N) is 1. The van der Waals surface area contributed by atoms with E-state index in [1.165, 1.54) is 18.3 Å². The van der Waals surface area contributed by atoms with Crippen molar-refractivity contribution in [2.24, 2.45) is 0 Å². The normalized spacial score (nSPS) is 11.3. The quantitative estimate of drug-likeness (QED) is 0.852. The van der Waals surface area contributed by atoms with Crippen LogP contribution in [-0.4, -0.2) is 13.4 Å². The molecular formula is C12H12ClN3O2S. The minimum Gasteiger partial charge on any atom is -0.397 e. The van der Waals surface area contributed by atoms with Crippen molar-refractivity contribution in [1.82, 2.24) is 4.98 Å². The molecule has 2 aromatic rings. The van der Waals surface area contributed by atoms with Gasteiger partial charge in [0.25, 0.3) is 10.0 Å². The van der Waals surface area contributed by atoms with Gasteiger partial charge in [0.1, 0.15) is 5.82 Å². The van der Waals surface area contributed by atoms with Gasteiger partial charge in [-0.05, 0) is 36.8 Å². The molecule has 0 atom stereocenters. The number of nitrogens with two attached hydrogens (primary N) is 1. The zero-order valence-electron chi connectivity index (χ0n) is 10.1. The van der Waals surface area contributed by atoms with Crippen LogP contribution in [0.4, 0.5) is 11.5 Å². The molecule has 0 aliphatic rings. The molecule has 19 heavy (non-hydrogen) atoms. The summed E-state index contributed by atoms with van der Waals surface area (Å²) < 4.78 is 26.7. The van der Waals surface area contributed by atoms with Gasteiger partial charge in [0, 0.05) is 6.20 Å². The van der Waals surface area contributed by atoms with Crippen LogP contribution in [0.2, 0.25) is 5.02 Å². The van der Waals surface area contributed by atoms with Crippen molar-refractivity contribution < 1.29 is 8.42 Å². The van der Waals surface area contributed by atoms with Crippen LogP contribution in [0, 0.1) is 6.92 Å². The van der Waals surface area contributed by atoms with Crippen molar-refractivity contribution in [3.8, 4) is 0 Å². The lowest BCUT2D eigenvalue weighted by atomic mass is 10.2. The highest BCUT2D eigenvalue weighted by molar-refractivity contribution is 7.92. The van der Waals surface area contributed by atoms with E-state index in [1.54, 1.807) is 25.1 Å². The summed E-state index contributed by atoms with van der Waals surface area (Å²) in [5, 5.41) is 0.358. The number of hydrogen-bond acceptors (Lipinski definition) is 4. The Morgan fingerprint density at radius 1 is 1.32 bits per heavy atom. The van der Waals surface area contributed by atoms with Crippen LogP contribution >= 0.6 is 11.6 Å². The van der Waals surface area contributed by atoms with Gasteiger partial charge in [-0.1, -0.05) is 17.7 Å². The summed E-state index contributed by atoms with van der Waals surface area (Å²) in [6.45, 7) is 1.69. The van der Waals surface area contributed by atoms with Crippen LogP contribution in [0.25, 0.3) is 0 Å². The van der Waals surface area contributed by atoms with Crippen LogP contribution in [0.3, 0.4) is 0 Å². The molecule has 0 saturated heterocycles. The van der Waals surface area contributed by atoms with E-state index in [-0.39, 0.29) is 16.4 Å². The molecule has 1 aromatic heterocycles. The van der Waals surface area contributed by atoms with Crippen LogP contribution in [0.15, 0.2) is 41.4 Å². The summed E-state index contributed by atoms with van der Waals surface area (Å²) in [5.41, 5.74) is 6.50. The zero-order valence-corrected chi connectivity index (χ0v) is 11.7. The number of pyridine rings is 1. The maximum atomic E-state index is 12.2. The molecule has 0 fully saturated rings. The van der Waals surface area contributed by atoms with Crippen LogP contribution in [0.5, 0.6) is 0 Å². The highest BCUT2D eigenvalue weighted by Crippen LogP contribution is 2.27. The van der Waals surface area contributed by atoms with E-state index in [4.69, 9.17) is 17.3 Å². The number of nitrogen functional groups attached to an aromatic ring is 1. The number of halogens is 1. The highest BCUT2D eigenvalue weighted by atomic mass is 35.5. The molecule has 0 radical (unpaired) electrons. The number of aryl methyl sites for hydroxylation is 1. The molecule has 3 N–H and O–H groups in total. The predicted molar refractivity (Wildman–Crippen MR) is 75.6 cm³/mol. The van der Waals surface area contributed by atoms with Crippen LogP contribution in [0.1, 0.15) is 5.56 Å². The third-order valence-electron chi connectivity index (χ3n) is 2.47. The molecule has 100 valence electrons. The topological polar surface area (TPSA) is 85.1 Å². The molecule has 0 saturated carbocycles. The number of benzene rings is 1. The molecule has 0 aliphatic heterocycles. The number of anilines is 2. The molecule has 1 heterocycles. The monoisotopic (exact) mass is 297 g/mol. The number of hydrogen-bond donors (Lipinski definition) is 2. The smallest absolute Gasteiger partial charge is 0.263 e. The van der Waals surface area contributed by atoms with Crippen molar-refractivity contribution in [2.75, 3.05) is 10.5 Å².